The number of fused-ring (bicyclic) bond motifs is 1. The number of sulfone groups is 1. The summed E-state index contributed by atoms with van der Waals surface area (Å²) in [6.07, 6.45) is 0.568. The van der Waals surface area contributed by atoms with E-state index in [9.17, 15) is 22.0 Å². The van der Waals surface area contributed by atoms with Crippen molar-refractivity contribution in [3.8, 4) is 5.75 Å². The van der Waals surface area contributed by atoms with Gasteiger partial charge in [0, 0.05) is 42.2 Å². The summed E-state index contributed by atoms with van der Waals surface area (Å²) in [4.78, 5) is 15.7. The Morgan fingerprint density at radius 3 is 2.32 bits per heavy atom. The van der Waals surface area contributed by atoms with Crippen LogP contribution < -0.4 is 9.64 Å². The Bertz CT molecular complexity index is 1430. The van der Waals surface area contributed by atoms with Gasteiger partial charge in [-0.1, -0.05) is 22.0 Å². The average Bonchev–Trinajstić information content (AvgIpc) is 3.22. The van der Waals surface area contributed by atoms with Gasteiger partial charge in [-0.25, -0.2) is 13.2 Å². The largest absolute Gasteiger partial charge is 0.495 e. The summed E-state index contributed by atoms with van der Waals surface area (Å²) in [6, 6.07) is 9.02. The van der Waals surface area contributed by atoms with Crippen molar-refractivity contribution >= 4 is 48.5 Å². The van der Waals surface area contributed by atoms with Gasteiger partial charge < -0.3 is 19.3 Å². The van der Waals surface area contributed by atoms with Crippen LogP contribution in [0.3, 0.4) is 0 Å². The molecule has 37 heavy (non-hydrogen) atoms. The van der Waals surface area contributed by atoms with E-state index < -0.39 is 28.1 Å². The number of carbonyl (C=O) groups excluding carboxylic acids is 1. The van der Waals surface area contributed by atoms with Gasteiger partial charge in [-0.2, -0.15) is 8.78 Å². The van der Waals surface area contributed by atoms with Gasteiger partial charge in [0.15, 0.2) is 0 Å². The second-order valence-electron chi connectivity index (χ2n) is 9.63. The molecule has 2 aromatic carbocycles. The highest BCUT2D eigenvalue weighted by atomic mass is 79.9. The molecular formula is C25H28BrF2N3O5S. The van der Waals surface area contributed by atoms with Crippen LogP contribution in [0.2, 0.25) is 0 Å². The third-order valence-corrected chi connectivity index (χ3v) is 8.26. The molecule has 1 saturated heterocycles. The van der Waals surface area contributed by atoms with Crippen molar-refractivity contribution in [2.75, 3.05) is 38.2 Å². The van der Waals surface area contributed by atoms with Gasteiger partial charge in [0.2, 0.25) is 9.84 Å². The summed E-state index contributed by atoms with van der Waals surface area (Å²) in [6.45, 7) is 4.11. The fourth-order valence-corrected chi connectivity index (χ4v) is 6.07. The molecule has 1 aliphatic heterocycles. The normalized spacial score (nSPS) is 14.9. The van der Waals surface area contributed by atoms with Gasteiger partial charge in [0.1, 0.15) is 11.4 Å². The fourth-order valence-electron chi connectivity index (χ4n) is 4.24. The molecule has 0 radical (unpaired) electrons. The molecule has 8 nitrogen and oxygen atoms in total. The molecule has 3 aromatic rings. The Kier molecular flexibility index (Phi) is 7.44. The molecule has 1 amide bonds. The van der Waals surface area contributed by atoms with Crippen LogP contribution in [0.4, 0.5) is 19.3 Å². The van der Waals surface area contributed by atoms with E-state index in [-0.39, 0.29) is 20.7 Å². The number of hydrogen-bond acceptors (Lipinski definition) is 6. The molecule has 2 heterocycles. The topological polar surface area (TPSA) is 81.1 Å². The highest BCUT2D eigenvalue weighted by Crippen LogP contribution is 2.37. The van der Waals surface area contributed by atoms with Crippen LogP contribution in [0.5, 0.6) is 5.75 Å². The molecule has 1 aliphatic rings. The molecule has 4 rings (SSSR count). The van der Waals surface area contributed by atoms with Gasteiger partial charge in [0.25, 0.3) is 0 Å². The highest BCUT2D eigenvalue weighted by molar-refractivity contribution is 9.10. The van der Waals surface area contributed by atoms with Crippen molar-refractivity contribution in [1.29, 1.82) is 0 Å². The second-order valence-corrected chi connectivity index (χ2v) is 12.5. The molecule has 1 aromatic heterocycles. The quantitative estimate of drug-likeness (QED) is 0.374. The standard InChI is InChI=1S/C25H28BrF2N3O5S/c1-25(2,3)36-24(32)30-11-9-29(10-12-30)20-14-17(6-8-21(20)35-4)37(33,34)22-15-31(23(27)28)19-13-16(26)5-7-18(19)22/h5-8,13-15,23H,9-12H2,1-4H3. The van der Waals surface area contributed by atoms with E-state index in [1.807, 2.05) is 4.90 Å². The number of carbonyl (C=O) groups is 1. The fraction of sp³-hybridized carbons (Fsp3) is 0.400. The van der Waals surface area contributed by atoms with Gasteiger partial charge >= 0.3 is 12.6 Å². The Morgan fingerprint density at radius 1 is 1.05 bits per heavy atom. The van der Waals surface area contributed by atoms with Crippen LogP contribution >= 0.6 is 15.9 Å². The summed E-state index contributed by atoms with van der Waals surface area (Å²) >= 11 is 3.26. The zero-order valence-corrected chi connectivity index (χ0v) is 23.3. The third kappa shape index (κ3) is 5.54. The van der Waals surface area contributed by atoms with E-state index in [0.717, 1.165) is 6.20 Å². The number of ether oxygens (including phenoxy) is 2. The molecular weight excluding hydrogens is 572 g/mol. The lowest BCUT2D eigenvalue weighted by Crippen LogP contribution is -2.50. The molecule has 0 saturated carbocycles. The van der Waals surface area contributed by atoms with Crippen LogP contribution in [0.25, 0.3) is 10.9 Å². The lowest BCUT2D eigenvalue weighted by Gasteiger charge is -2.37. The first-order valence-corrected chi connectivity index (χ1v) is 13.8. The minimum atomic E-state index is -4.16. The Balaban J connectivity index is 1.67. The highest BCUT2D eigenvalue weighted by Gasteiger charge is 2.30. The van der Waals surface area contributed by atoms with Crippen molar-refractivity contribution in [1.82, 2.24) is 9.47 Å². The molecule has 200 valence electrons. The molecule has 0 spiro atoms. The van der Waals surface area contributed by atoms with Gasteiger partial charge in [-0.05, 0) is 51.1 Å². The summed E-state index contributed by atoms with van der Waals surface area (Å²) in [5, 5.41) is 0.201. The number of benzene rings is 2. The van der Waals surface area contributed by atoms with E-state index >= 15 is 0 Å². The predicted octanol–water partition coefficient (Wildman–Crippen LogP) is 5.70. The molecule has 1 fully saturated rings. The molecule has 0 N–H and O–H groups in total. The van der Waals surface area contributed by atoms with Crippen molar-refractivity contribution in [2.45, 2.75) is 42.7 Å². The maximum atomic E-state index is 13.7. The number of hydrogen-bond donors (Lipinski definition) is 0. The van der Waals surface area contributed by atoms with Crippen molar-refractivity contribution in [3.05, 3.63) is 47.1 Å². The lowest BCUT2D eigenvalue weighted by atomic mass is 10.2. The molecule has 12 heteroatoms. The number of amides is 1. The number of methoxy groups -OCH3 is 1. The zero-order chi connectivity index (χ0) is 27.1. The van der Waals surface area contributed by atoms with Gasteiger partial charge in [-0.15, -0.1) is 0 Å². The number of alkyl halides is 2. The van der Waals surface area contributed by atoms with E-state index in [1.54, 1.807) is 37.8 Å². The first kappa shape index (κ1) is 27.2. The van der Waals surface area contributed by atoms with E-state index in [2.05, 4.69) is 15.9 Å². The molecule has 0 unspecified atom stereocenters. The summed E-state index contributed by atoms with van der Waals surface area (Å²) in [5.41, 5.74) is 0.0339. The summed E-state index contributed by atoms with van der Waals surface area (Å²) in [7, 11) is -2.67. The molecule has 0 atom stereocenters. The van der Waals surface area contributed by atoms with E-state index in [0.29, 0.717) is 46.7 Å². The predicted molar refractivity (Wildman–Crippen MR) is 139 cm³/mol. The van der Waals surface area contributed by atoms with E-state index in [4.69, 9.17) is 9.47 Å². The van der Waals surface area contributed by atoms with Crippen LogP contribution in [-0.2, 0) is 14.6 Å². The van der Waals surface area contributed by atoms with Crippen LogP contribution in [0, 0.1) is 0 Å². The number of halogens is 3. The number of piperazine rings is 1. The monoisotopic (exact) mass is 599 g/mol. The minimum absolute atomic E-state index is 0.0471. The lowest BCUT2D eigenvalue weighted by molar-refractivity contribution is 0.0240. The van der Waals surface area contributed by atoms with Crippen molar-refractivity contribution in [3.63, 3.8) is 0 Å². The minimum Gasteiger partial charge on any atom is -0.495 e. The Morgan fingerprint density at radius 2 is 1.73 bits per heavy atom. The Hall–Kier alpha value is -2.86. The van der Waals surface area contributed by atoms with Crippen LogP contribution in [-0.4, -0.2) is 62.9 Å². The SMILES string of the molecule is COc1ccc(S(=O)(=O)c2cn(C(F)F)c3cc(Br)ccc23)cc1N1CCN(C(=O)OC(C)(C)C)CC1. The first-order valence-electron chi connectivity index (χ1n) is 11.6. The number of nitrogens with zero attached hydrogens (tertiary/aromatic N) is 3. The number of aromatic nitrogens is 1. The average molecular weight is 600 g/mol. The number of rotatable bonds is 5. The zero-order valence-electron chi connectivity index (χ0n) is 20.9. The van der Waals surface area contributed by atoms with Crippen LogP contribution in [0.1, 0.15) is 27.3 Å². The molecule has 0 bridgehead atoms. The van der Waals surface area contributed by atoms with Gasteiger partial charge in [0.05, 0.1) is 28.1 Å². The maximum absolute atomic E-state index is 13.7. The summed E-state index contributed by atoms with van der Waals surface area (Å²) in [5.74, 6) is 0.462. The van der Waals surface area contributed by atoms with Gasteiger partial charge in [-0.3, -0.25) is 4.57 Å². The maximum Gasteiger partial charge on any atom is 0.410 e. The first-order chi connectivity index (χ1) is 17.3. The van der Waals surface area contributed by atoms with Crippen molar-refractivity contribution in [2.24, 2.45) is 0 Å². The smallest absolute Gasteiger partial charge is 0.410 e. The number of anilines is 1. The third-order valence-electron chi connectivity index (χ3n) is 5.99. The van der Waals surface area contributed by atoms with Crippen molar-refractivity contribution < 1.29 is 31.5 Å². The van der Waals surface area contributed by atoms with E-state index in [1.165, 1.54) is 31.4 Å². The molecule has 0 aliphatic carbocycles. The van der Waals surface area contributed by atoms with Crippen LogP contribution in [0.15, 0.2) is 56.9 Å². The summed E-state index contributed by atoms with van der Waals surface area (Å²) < 4.78 is 66.9. The second kappa shape index (κ2) is 10.1. The Labute approximate surface area is 222 Å².